The third-order valence-corrected chi connectivity index (χ3v) is 5.96. The fourth-order valence-electron chi connectivity index (χ4n) is 4.18. The maximum absolute atomic E-state index is 13.2. The molecule has 1 amide bonds. The average Bonchev–Trinajstić information content (AvgIpc) is 2.89. The molecular formula is C26H30N4O4. The number of methoxy groups -OCH3 is 2. The lowest BCUT2D eigenvalue weighted by molar-refractivity contribution is -0.125. The van der Waals surface area contributed by atoms with Gasteiger partial charge in [-0.15, -0.1) is 0 Å². The van der Waals surface area contributed by atoms with Crippen molar-refractivity contribution in [3.63, 3.8) is 0 Å². The van der Waals surface area contributed by atoms with Gasteiger partial charge in [-0.2, -0.15) is 0 Å². The minimum absolute atomic E-state index is 0.00325. The molecule has 2 heterocycles. The van der Waals surface area contributed by atoms with Gasteiger partial charge in [0.05, 0.1) is 26.2 Å². The number of benzene rings is 2. The number of hydrogen-bond donors (Lipinski definition) is 1. The van der Waals surface area contributed by atoms with Crippen molar-refractivity contribution < 1.29 is 19.0 Å². The number of piperidine rings is 1. The van der Waals surface area contributed by atoms with Gasteiger partial charge < -0.3 is 24.4 Å². The summed E-state index contributed by atoms with van der Waals surface area (Å²) in [5, 5.41) is 3.15. The van der Waals surface area contributed by atoms with Crippen molar-refractivity contribution >= 4 is 11.7 Å². The Hall–Kier alpha value is -3.81. The smallest absolute Gasteiger partial charge is 0.263 e. The first kappa shape index (κ1) is 23.4. The van der Waals surface area contributed by atoms with Crippen LogP contribution in [0.25, 0.3) is 0 Å². The highest BCUT2D eigenvalue weighted by Crippen LogP contribution is 2.32. The number of nitrogens with zero attached hydrogens (tertiary/aromatic N) is 3. The standard InChI is InChI=1S/C26H30N4O4/c1-18(22-16-21(32-2)11-12-23(22)33-3)29-25(31)19-8-7-15-30(17-19)24-26(28-14-13-27-24)34-20-9-5-4-6-10-20/h4-6,9-14,16,18-19H,7-8,15,17H2,1-3H3,(H,29,31). The Balaban J connectivity index is 1.46. The molecule has 8 heteroatoms. The van der Waals surface area contributed by atoms with Gasteiger partial charge in [-0.3, -0.25) is 4.79 Å². The van der Waals surface area contributed by atoms with E-state index in [1.54, 1.807) is 26.6 Å². The Labute approximate surface area is 199 Å². The van der Waals surface area contributed by atoms with Gasteiger partial charge in [0, 0.05) is 31.0 Å². The number of para-hydroxylation sites is 1. The van der Waals surface area contributed by atoms with E-state index in [9.17, 15) is 4.79 Å². The lowest BCUT2D eigenvalue weighted by Crippen LogP contribution is -2.44. The Morgan fingerprint density at radius 2 is 1.85 bits per heavy atom. The molecule has 1 aromatic heterocycles. The van der Waals surface area contributed by atoms with E-state index in [1.165, 1.54) is 0 Å². The fraction of sp³-hybridized carbons (Fsp3) is 0.346. The number of anilines is 1. The molecule has 0 bridgehead atoms. The van der Waals surface area contributed by atoms with Gasteiger partial charge in [-0.1, -0.05) is 18.2 Å². The molecule has 3 aromatic rings. The predicted octanol–water partition coefficient (Wildman–Crippen LogP) is 4.38. The second kappa shape index (κ2) is 10.9. The zero-order valence-electron chi connectivity index (χ0n) is 19.7. The molecule has 2 atom stereocenters. The summed E-state index contributed by atoms with van der Waals surface area (Å²) in [6, 6.07) is 14.8. The molecule has 1 aliphatic heterocycles. The van der Waals surface area contributed by atoms with E-state index >= 15 is 0 Å². The summed E-state index contributed by atoms with van der Waals surface area (Å²) in [5.41, 5.74) is 0.871. The predicted molar refractivity (Wildman–Crippen MR) is 130 cm³/mol. The molecule has 2 unspecified atom stereocenters. The molecule has 0 saturated carbocycles. The van der Waals surface area contributed by atoms with Gasteiger partial charge in [0.25, 0.3) is 5.88 Å². The van der Waals surface area contributed by atoms with Crippen LogP contribution in [-0.2, 0) is 4.79 Å². The Bertz CT molecular complexity index is 1110. The lowest BCUT2D eigenvalue weighted by atomic mass is 9.96. The number of aromatic nitrogens is 2. The molecule has 1 saturated heterocycles. The summed E-state index contributed by atoms with van der Waals surface area (Å²) in [4.78, 5) is 24.2. The molecule has 0 aliphatic carbocycles. The topological polar surface area (TPSA) is 85.8 Å². The quantitative estimate of drug-likeness (QED) is 0.532. The van der Waals surface area contributed by atoms with Crippen molar-refractivity contribution in [2.45, 2.75) is 25.8 Å². The zero-order chi connectivity index (χ0) is 23.9. The van der Waals surface area contributed by atoms with E-state index in [1.807, 2.05) is 55.5 Å². The molecule has 1 N–H and O–H groups in total. The normalized spacial score (nSPS) is 16.4. The molecule has 178 valence electrons. The molecule has 0 radical (unpaired) electrons. The van der Waals surface area contributed by atoms with Gasteiger partial charge >= 0.3 is 0 Å². The largest absolute Gasteiger partial charge is 0.497 e. The van der Waals surface area contributed by atoms with E-state index in [2.05, 4.69) is 20.2 Å². The SMILES string of the molecule is COc1ccc(OC)c(C(C)NC(=O)C2CCCN(c3nccnc3Oc3ccccc3)C2)c1. The number of nitrogens with one attached hydrogen (secondary N) is 1. The lowest BCUT2D eigenvalue weighted by Gasteiger charge is -2.33. The van der Waals surface area contributed by atoms with Crippen LogP contribution in [0.4, 0.5) is 5.82 Å². The number of carbonyl (C=O) groups excluding carboxylic acids is 1. The van der Waals surface area contributed by atoms with Crippen molar-refractivity contribution in [2.24, 2.45) is 5.92 Å². The van der Waals surface area contributed by atoms with E-state index in [-0.39, 0.29) is 17.9 Å². The van der Waals surface area contributed by atoms with Crippen LogP contribution in [0.5, 0.6) is 23.1 Å². The highest BCUT2D eigenvalue weighted by atomic mass is 16.5. The number of amides is 1. The van der Waals surface area contributed by atoms with Crippen LogP contribution in [0.1, 0.15) is 31.4 Å². The minimum atomic E-state index is -0.235. The molecule has 8 nitrogen and oxygen atoms in total. The van der Waals surface area contributed by atoms with Crippen LogP contribution < -0.4 is 24.4 Å². The summed E-state index contributed by atoms with van der Waals surface area (Å²) in [6.07, 6.45) is 4.93. The third-order valence-electron chi connectivity index (χ3n) is 5.96. The first-order valence-electron chi connectivity index (χ1n) is 11.4. The zero-order valence-corrected chi connectivity index (χ0v) is 19.7. The molecule has 1 fully saturated rings. The second-order valence-electron chi connectivity index (χ2n) is 8.22. The van der Waals surface area contributed by atoms with Gasteiger partial charge in [0.15, 0.2) is 5.82 Å². The Kier molecular flexibility index (Phi) is 7.47. The number of ether oxygens (including phenoxy) is 3. The number of hydrogen-bond acceptors (Lipinski definition) is 7. The monoisotopic (exact) mass is 462 g/mol. The fourth-order valence-corrected chi connectivity index (χ4v) is 4.18. The van der Waals surface area contributed by atoms with Crippen molar-refractivity contribution in [1.29, 1.82) is 0 Å². The number of carbonyl (C=O) groups is 1. The first-order chi connectivity index (χ1) is 16.6. The van der Waals surface area contributed by atoms with E-state index in [0.717, 1.165) is 24.9 Å². The third kappa shape index (κ3) is 5.39. The maximum Gasteiger partial charge on any atom is 0.263 e. The van der Waals surface area contributed by atoms with Gasteiger partial charge in [-0.05, 0) is 50.1 Å². The van der Waals surface area contributed by atoms with Crippen LogP contribution >= 0.6 is 0 Å². The second-order valence-corrected chi connectivity index (χ2v) is 8.22. The van der Waals surface area contributed by atoms with E-state index in [4.69, 9.17) is 14.2 Å². The molecular weight excluding hydrogens is 432 g/mol. The van der Waals surface area contributed by atoms with Crippen molar-refractivity contribution in [3.05, 3.63) is 66.5 Å². The summed E-state index contributed by atoms with van der Waals surface area (Å²) in [7, 11) is 3.24. The molecule has 0 spiro atoms. The maximum atomic E-state index is 13.2. The van der Waals surface area contributed by atoms with Crippen LogP contribution in [0, 0.1) is 5.92 Å². The highest BCUT2D eigenvalue weighted by Gasteiger charge is 2.29. The van der Waals surface area contributed by atoms with Gasteiger partial charge in [0.1, 0.15) is 17.2 Å². The minimum Gasteiger partial charge on any atom is -0.497 e. The average molecular weight is 463 g/mol. The van der Waals surface area contributed by atoms with Gasteiger partial charge in [-0.25, -0.2) is 9.97 Å². The van der Waals surface area contributed by atoms with Crippen LogP contribution in [0.15, 0.2) is 60.9 Å². The van der Waals surface area contributed by atoms with Crippen LogP contribution in [0.3, 0.4) is 0 Å². The molecule has 34 heavy (non-hydrogen) atoms. The van der Waals surface area contributed by atoms with Crippen molar-refractivity contribution in [3.8, 4) is 23.1 Å². The summed E-state index contributed by atoms with van der Waals surface area (Å²) in [5.74, 6) is 3.01. The highest BCUT2D eigenvalue weighted by molar-refractivity contribution is 5.80. The van der Waals surface area contributed by atoms with Crippen LogP contribution in [-0.4, -0.2) is 43.2 Å². The summed E-state index contributed by atoms with van der Waals surface area (Å²) >= 11 is 0. The molecule has 1 aliphatic rings. The molecule has 4 rings (SSSR count). The Morgan fingerprint density at radius 3 is 2.62 bits per heavy atom. The van der Waals surface area contributed by atoms with E-state index < -0.39 is 0 Å². The Morgan fingerprint density at radius 1 is 1.06 bits per heavy atom. The van der Waals surface area contributed by atoms with Crippen LogP contribution in [0.2, 0.25) is 0 Å². The van der Waals surface area contributed by atoms with Gasteiger partial charge in [0.2, 0.25) is 5.91 Å². The summed E-state index contributed by atoms with van der Waals surface area (Å²) < 4.78 is 16.8. The number of rotatable bonds is 8. The summed E-state index contributed by atoms with van der Waals surface area (Å²) in [6.45, 7) is 3.27. The van der Waals surface area contributed by atoms with Crippen molar-refractivity contribution in [1.82, 2.24) is 15.3 Å². The van der Waals surface area contributed by atoms with E-state index in [0.29, 0.717) is 35.5 Å². The molecule has 2 aromatic carbocycles. The van der Waals surface area contributed by atoms with Crippen molar-refractivity contribution in [2.75, 3.05) is 32.2 Å². The first-order valence-corrected chi connectivity index (χ1v) is 11.4.